The normalized spacial score (nSPS) is 10.9. The zero-order valence-corrected chi connectivity index (χ0v) is 13.5. The molecule has 0 aliphatic rings. The summed E-state index contributed by atoms with van der Waals surface area (Å²) in [5.74, 6) is 0.233. The quantitative estimate of drug-likeness (QED) is 0.638. The summed E-state index contributed by atoms with van der Waals surface area (Å²) in [7, 11) is 0. The number of carbonyl (C=O) groups excluding carboxylic acids is 1. The SMILES string of the molecule is O=C(/C=C/c1ccc(F)cc1)N(Cc1cccnc1)Cc1ccco1. The van der Waals surface area contributed by atoms with E-state index in [1.54, 1.807) is 47.8 Å². The van der Waals surface area contributed by atoms with E-state index < -0.39 is 0 Å². The van der Waals surface area contributed by atoms with E-state index in [1.807, 2.05) is 18.2 Å². The lowest BCUT2D eigenvalue weighted by Crippen LogP contribution is -2.28. The van der Waals surface area contributed by atoms with Crippen molar-refractivity contribution in [3.63, 3.8) is 0 Å². The Morgan fingerprint density at radius 1 is 1.12 bits per heavy atom. The number of hydrogen-bond acceptors (Lipinski definition) is 3. The Morgan fingerprint density at radius 3 is 2.64 bits per heavy atom. The second kappa shape index (κ2) is 8.06. The van der Waals surface area contributed by atoms with Gasteiger partial charge in [-0.05, 0) is 47.5 Å². The van der Waals surface area contributed by atoms with Gasteiger partial charge in [0.1, 0.15) is 11.6 Å². The van der Waals surface area contributed by atoms with Crippen molar-refractivity contribution in [2.75, 3.05) is 0 Å². The van der Waals surface area contributed by atoms with Crippen molar-refractivity contribution >= 4 is 12.0 Å². The molecule has 0 spiro atoms. The summed E-state index contributed by atoms with van der Waals surface area (Å²) in [6.07, 6.45) is 8.14. The lowest BCUT2D eigenvalue weighted by Gasteiger charge is -2.20. The Balaban J connectivity index is 1.75. The first-order valence-electron chi connectivity index (χ1n) is 7.84. The summed E-state index contributed by atoms with van der Waals surface area (Å²) < 4.78 is 18.3. The zero-order valence-electron chi connectivity index (χ0n) is 13.5. The van der Waals surface area contributed by atoms with Crippen LogP contribution in [0.15, 0.2) is 77.7 Å². The maximum absolute atomic E-state index is 13.0. The molecule has 0 radical (unpaired) electrons. The third-order valence-electron chi connectivity index (χ3n) is 3.62. The van der Waals surface area contributed by atoms with Gasteiger partial charge in [0.2, 0.25) is 5.91 Å². The Kier molecular flexibility index (Phi) is 5.36. The van der Waals surface area contributed by atoms with Crippen LogP contribution in [-0.4, -0.2) is 15.8 Å². The van der Waals surface area contributed by atoms with Gasteiger partial charge in [0.05, 0.1) is 12.8 Å². The molecular weight excluding hydrogens is 319 g/mol. The van der Waals surface area contributed by atoms with Crippen LogP contribution in [0.2, 0.25) is 0 Å². The number of carbonyl (C=O) groups is 1. The summed E-state index contributed by atoms with van der Waals surface area (Å²) >= 11 is 0. The van der Waals surface area contributed by atoms with Crippen LogP contribution >= 0.6 is 0 Å². The van der Waals surface area contributed by atoms with E-state index >= 15 is 0 Å². The fourth-order valence-corrected chi connectivity index (χ4v) is 2.36. The van der Waals surface area contributed by atoms with Crippen LogP contribution in [0, 0.1) is 5.82 Å². The van der Waals surface area contributed by atoms with Crippen molar-refractivity contribution in [3.05, 3.63) is 96.0 Å². The minimum Gasteiger partial charge on any atom is -0.467 e. The number of aromatic nitrogens is 1. The van der Waals surface area contributed by atoms with Crippen molar-refractivity contribution < 1.29 is 13.6 Å². The van der Waals surface area contributed by atoms with Crippen molar-refractivity contribution in [1.82, 2.24) is 9.88 Å². The van der Waals surface area contributed by atoms with Crippen LogP contribution in [-0.2, 0) is 17.9 Å². The number of rotatable bonds is 6. The second-order valence-corrected chi connectivity index (χ2v) is 5.52. The molecule has 0 saturated heterocycles. The van der Waals surface area contributed by atoms with Crippen LogP contribution < -0.4 is 0 Å². The van der Waals surface area contributed by atoms with Gasteiger partial charge in [-0.1, -0.05) is 18.2 Å². The molecule has 0 saturated carbocycles. The first-order valence-corrected chi connectivity index (χ1v) is 7.84. The molecule has 0 aliphatic carbocycles. The minimum absolute atomic E-state index is 0.162. The number of amides is 1. The largest absolute Gasteiger partial charge is 0.467 e. The van der Waals surface area contributed by atoms with Crippen molar-refractivity contribution in [2.45, 2.75) is 13.1 Å². The number of hydrogen-bond donors (Lipinski definition) is 0. The summed E-state index contributed by atoms with van der Waals surface area (Å²) in [5, 5.41) is 0. The molecule has 4 nitrogen and oxygen atoms in total. The van der Waals surface area contributed by atoms with Gasteiger partial charge < -0.3 is 9.32 Å². The average molecular weight is 336 g/mol. The maximum Gasteiger partial charge on any atom is 0.247 e. The van der Waals surface area contributed by atoms with Gasteiger partial charge in [-0.2, -0.15) is 0 Å². The molecule has 0 unspecified atom stereocenters. The highest BCUT2D eigenvalue weighted by Crippen LogP contribution is 2.12. The predicted molar refractivity (Wildman–Crippen MR) is 92.6 cm³/mol. The summed E-state index contributed by atoms with van der Waals surface area (Å²) in [6.45, 7) is 0.773. The average Bonchev–Trinajstić information content (AvgIpc) is 3.14. The molecule has 0 aliphatic heterocycles. The van der Waals surface area contributed by atoms with Crippen LogP contribution in [0.5, 0.6) is 0 Å². The van der Waals surface area contributed by atoms with E-state index in [1.165, 1.54) is 18.2 Å². The smallest absolute Gasteiger partial charge is 0.247 e. The van der Waals surface area contributed by atoms with Gasteiger partial charge in [-0.15, -0.1) is 0 Å². The number of pyridine rings is 1. The molecule has 3 rings (SSSR count). The highest BCUT2D eigenvalue weighted by molar-refractivity contribution is 5.91. The molecule has 0 N–H and O–H groups in total. The summed E-state index contributed by atoms with van der Waals surface area (Å²) in [5.41, 5.74) is 1.69. The van der Waals surface area contributed by atoms with Gasteiger partial charge in [-0.3, -0.25) is 9.78 Å². The number of halogens is 1. The lowest BCUT2D eigenvalue weighted by molar-refractivity contribution is -0.127. The standard InChI is InChI=1S/C20H17FN2O2/c21-18-8-5-16(6-9-18)7-10-20(24)23(15-19-4-2-12-25-19)14-17-3-1-11-22-13-17/h1-13H,14-15H2/b10-7+. The van der Waals surface area contributed by atoms with Crippen molar-refractivity contribution in [3.8, 4) is 0 Å². The number of furan rings is 1. The summed E-state index contributed by atoms with van der Waals surface area (Å²) in [6, 6.07) is 13.3. The van der Waals surface area contributed by atoms with Gasteiger partial charge in [-0.25, -0.2) is 4.39 Å². The zero-order chi connectivity index (χ0) is 17.5. The first kappa shape index (κ1) is 16.6. The van der Waals surface area contributed by atoms with Crippen molar-refractivity contribution in [1.29, 1.82) is 0 Å². The van der Waals surface area contributed by atoms with Crippen LogP contribution in [0.3, 0.4) is 0 Å². The highest BCUT2D eigenvalue weighted by atomic mass is 19.1. The van der Waals surface area contributed by atoms with Crippen molar-refractivity contribution in [2.24, 2.45) is 0 Å². The van der Waals surface area contributed by atoms with E-state index in [-0.39, 0.29) is 11.7 Å². The maximum atomic E-state index is 13.0. The Hall–Kier alpha value is -3.21. The third kappa shape index (κ3) is 4.88. The molecule has 2 heterocycles. The fraction of sp³-hybridized carbons (Fsp3) is 0.100. The molecular formula is C20H17FN2O2. The molecule has 5 heteroatoms. The topological polar surface area (TPSA) is 46.3 Å². The molecule has 0 bridgehead atoms. The van der Waals surface area contributed by atoms with Gasteiger partial charge in [0.15, 0.2) is 0 Å². The molecule has 1 amide bonds. The van der Waals surface area contributed by atoms with Gasteiger partial charge >= 0.3 is 0 Å². The molecule has 0 atom stereocenters. The lowest BCUT2D eigenvalue weighted by atomic mass is 10.2. The molecule has 3 aromatic rings. The monoisotopic (exact) mass is 336 g/mol. The van der Waals surface area contributed by atoms with E-state index in [0.29, 0.717) is 18.8 Å². The van der Waals surface area contributed by atoms with E-state index in [0.717, 1.165) is 11.1 Å². The molecule has 126 valence electrons. The Bertz CT molecular complexity index is 828. The van der Waals surface area contributed by atoms with Crippen LogP contribution in [0.25, 0.3) is 6.08 Å². The predicted octanol–water partition coefficient (Wildman–Crippen LogP) is 4.06. The first-order chi connectivity index (χ1) is 12.2. The van der Waals surface area contributed by atoms with E-state index in [2.05, 4.69) is 4.98 Å². The molecule has 2 aromatic heterocycles. The fourth-order valence-electron chi connectivity index (χ4n) is 2.36. The van der Waals surface area contributed by atoms with Crippen LogP contribution in [0.4, 0.5) is 4.39 Å². The second-order valence-electron chi connectivity index (χ2n) is 5.52. The Labute approximate surface area is 145 Å². The van der Waals surface area contributed by atoms with Gasteiger partial charge in [0, 0.05) is 25.0 Å². The highest BCUT2D eigenvalue weighted by Gasteiger charge is 2.13. The molecule has 1 aromatic carbocycles. The summed E-state index contributed by atoms with van der Waals surface area (Å²) in [4.78, 5) is 18.4. The number of benzene rings is 1. The molecule has 25 heavy (non-hydrogen) atoms. The minimum atomic E-state index is -0.306. The molecule has 0 fully saturated rings. The Morgan fingerprint density at radius 2 is 1.96 bits per heavy atom. The van der Waals surface area contributed by atoms with E-state index in [4.69, 9.17) is 4.42 Å². The third-order valence-corrected chi connectivity index (χ3v) is 3.62. The van der Waals surface area contributed by atoms with Gasteiger partial charge in [0.25, 0.3) is 0 Å². The van der Waals surface area contributed by atoms with E-state index in [9.17, 15) is 9.18 Å². The van der Waals surface area contributed by atoms with Crippen LogP contribution in [0.1, 0.15) is 16.9 Å². The number of nitrogens with zero attached hydrogens (tertiary/aromatic N) is 2.